The van der Waals surface area contributed by atoms with Crippen LogP contribution in [-0.2, 0) is 12.8 Å². The van der Waals surface area contributed by atoms with E-state index in [0.717, 1.165) is 12.8 Å². The molecular formula is C38H36. The molecule has 0 saturated heterocycles. The highest BCUT2D eigenvalue weighted by Gasteiger charge is 2.28. The third-order valence-corrected chi connectivity index (χ3v) is 8.91. The van der Waals surface area contributed by atoms with Crippen molar-refractivity contribution in [1.29, 1.82) is 0 Å². The molecular weight excluding hydrogens is 456 g/mol. The van der Waals surface area contributed by atoms with Gasteiger partial charge in [-0.15, -0.1) is 0 Å². The number of fused-ring (bicyclic) bond motifs is 12. The molecule has 0 radical (unpaired) electrons. The summed E-state index contributed by atoms with van der Waals surface area (Å²) in [5.74, 6) is 0. The summed E-state index contributed by atoms with van der Waals surface area (Å²) in [5, 5.41) is 2.76. The number of benzene rings is 5. The van der Waals surface area contributed by atoms with Crippen molar-refractivity contribution in [3.63, 3.8) is 0 Å². The summed E-state index contributed by atoms with van der Waals surface area (Å²) in [6.07, 6.45) is 13.1. The molecule has 0 aliphatic heterocycles. The molecule has 0 heteroatoms. The predicted molar refractivity (Wildman–Crippen MR) is 164 cm³/mol. The van der Waals surface area contributed by atoms with Crippen molar-refractivity contribution < 1.29 is 0 Å². The molecule has 0 saturated carbocycles. The predicted octanol–water partition coefficient (Wildman–Crippen LogP) is 11.0. The fraction of sp³-hybridized carbons (Fsp3) is 0.263. The molecule has 0 heterocycles. The van der Waals surface area contributed by atoms with Crippen LogP contribution in [0.2, 0.25) is 0 Å². The summed E-state index contributed by atoms with van der Waals surface area (Å²) in [6.45, 7) is 0. The van der Waals surface area contributed by atoms with Crippen LogP contribution in [0.3, 0.4) is 0 Å². The molecule has 38 heavy (non-hydrogen) atoms. The van der Waals surface area contributed by atoms with Gasteiger partial charge in [0.1, 0.15) is 0 Å². The van der Waals surface area contributed by atoms with Crippen LogP contribution in [-0.4, -0.2) is 0 Å². The van der Waals surface area contributed by atoms with E-state index in [0.29, 0.717) is 0 Å². The van der Waals surface area contributed by atoms with Gasteiger partial charge in [0.05, 0.1) is 0 Å². The van der Waals surface area contributed by atoms with Crippen molar-refractivity contribution in [2.24, 2.45) is 0 Å². The molecule has 5 aromatic carbocycles. The molecule has 7 rings (SSSR count). The molecule has 0 aromatic heterocycles. The maximum Gasteiger partial charge on any atom is -0.00138 e. The standard InChI is InChI=1S/C38H36/c1-2-4-6-8-16-28-18-10-12-22-31(28)33-26-25-32(30-21-11-9-17-27(30)15-7-5-3-1)37-34-23-13-19-29-20-14-24-35(36(29)34)38(33)37/h9-14,17-26H,1-8,15-16H2. The first kappa shape index (κ1) is 23.5. The van der Waals surface area contributed by atoms with Gasteiger partial charge in [-0.2, -0.15) is 0 Å². The first-order valence-electron chi connectivity index (χ1n) is 14.8. The zero-order valence-electron chi connectivity index (χ0n) is 22.3. The number of hydrogen-bond donors (Lipinski definition) is 0. The first-order chi connectivity index (χ1) is 18.9. The average molecular weight is 493 g/mol. The highest BCUT2D eigenvalue weighted by molar-refractivity contribution is 6.21. The smallest absolute Gasteiger partial charge is 0.00138 e. The summed E-state index contributed by atoms with van der Waals surface area (Å²) < 4.78 is 0. The molecule has 0 spiro atoms. The van der Waals surface area contributed by atoms with Crippen LogP contribution in [0.4, 0.5) is 0 Å². The maximum atomic E-state index is 2.43. The summed E-state index contributed by atoms with van der Waals surface area (Å²) in [6, 6.07) is 37.0. The van der Waals surface area contributed by atoms with Gasteiger partial charge in [-0.25, -0.2) is 0 Å². The molecule has 0 amide bonds. The van der Waals surface area contributed by atoms with E-state index < -0.39 is 0 Å². The van der Waals surface area contributed by atoms with Gasteiger partial charge in [0.2, 0.25) is 0 Å². The minimum Gasteiger partial charge on any atom is -0.0620 e. The lowest BCUT2D eigenvalue weighted by atomic mass is 9.84. The van der Waals surface area contributed by atoms with Crippen LogP contribution in [0, 0.1) is 0 Å². The fourth-order valence-electron chi connectivity index (χ4n) is 7.06. The molecule has 5 aromatic rings. The van der Waals surface area contributed by atoms with Gasteiger partial charge < -0.3 is 0 Å². The number of aryl methyl sites for hydroxylation is 2. The quantitative estimate of drug-likeness (QED) is 0.198. The van der Waals surface area contributed by atoms with Crippen LogP contribution in [0.5, 0.6) is 0 Å². The van der Waals surface area contributed by atoms with E-state index in [1.54, 1.807) is 0 Å². The summed E-state index contributed by atoms with van der Waals surface area (Å²) in [4.78, 5) is 0. The van der Waals surface area contributed by atoms with Crippen molar-refractivity contribution in [3.8, 4) is 44.5 Å². The van der Waals surface area contributed by atoms with Crippen molar-refractivity contribution in [2.45, 2.75) is 64.2 Å². The van der Waals surface area contributed by atoms with Gasteiger partial charge in [-0.3, -0.25) is 0 Å². The van der Waals surface area contributed by atoms with Gasteiger partial charge in [0.15, 0.2) is 0 Å². The van der Waals surface area contributed by atoms with Gasteiger partial charge in [-0.1, -0.05) is 136 Å². The van der Waals surface area contributed by atoms with Crippen LogP contribution in [0.25, 0.3) is 55.3 Å². The Morgan fingerprint density at radius 2 is 0.737 bits per heavy atom. The Kier molecular flexibility index (Phi) is 6.34. The van der Waals surface area contributed by atoms with Gasteiger partial charge in [0, 0.05) is 0 Å². The third-order valence-electron chi connectivity index (χ3n) is 8.91. The van der Waals surface area contributed by atoms with E-state index in [1.165, 1.54) is 118 Å². The van der Waals surface area contributed by atoms with E-state index >= 15 is 0 Å². The first-order valence-corrected chi connectivity index (χ1v) is 14.8. The Bertz CT molecular complexity index is 1500. The molecule has 0 atom stereocenters. The topological polar surface area (TPSA) is 0 Å². The normalized spacial score (nSPS) is 15.4. The number of hydrogen-bond acceptors (Lipinski definition) is 0. The van der Waals surface area contributed by atoms with Crippen molar-refractivity contribution in [2.75, 3.05) is 0 Å². The van der Waals surface area contributed by atoms with Crippen LogP contribution >= 0.6 is 0 Å². The van der Waals surface area contributed by atoms with Crippen molar-refractivity contribution in [1.82, 2.24) is 0 Å². The second-order valence-electron chi connectivity index (χ2n) is 11.3. The highest BCUT2D eigenvalue weighted by atomic mass is 14.3. The zero-order chi connectivity index (χ0) is 25.3. The fourth-order valence-corrected chi connectivity index (χ4v) is 7.06. The Morgan fingerprint density at radius 1 is 0.316 bits per heavy atom. The molecule has 188 valence electrons. The molecule has 2 aliphatic carbocycles. The highest BCUT2D eigenvalue weighted by Crippen LogP contribution is 2.55. The van der Waals surface area contributed by atoms with Crippen LogP contribution in [0.1, 0.15) is 62.5 Å². The van der Waals surface area contributed by atoms with Crippen LogP contribution < -0.4 is 0 Å². The van der Waals surface area contributed by atoms with E-state index in [4.69, 9.17) is 0 Å². The maximum absolute atomic E-state index is 2.43. The summed E-state index contributed by atoms with van der Waals surface area (Å²) in [7, 11) is 0. The van der Waals surface area contributed by atoms with Crippen molar-refractivity contribution >= 4 is 10.8 Å². The molecule has 2 aliphatic rings. The SMILES string of the molecule is c1ccc2c(c1)CCCCCCCCCCc1ccccc1-c1ccc-2c2c1-c1cccc3cccc-2c13. The molecule has 2 bridgehead atoms. The average Bonchev–Trinajstić information content (AvgIpc) is 3.30. The summed E-state index contributed by atoms with van der Waals surface area (Å²) in [5.41, 5.74) is 14.2. The number of rotatable bonds is 0. The molecule has 0 nitrogen and oxygen atoms in total. The minimum absolute atomic E-state index is 1.16. The molecule has 0 fully saturated rings. The Morgan fingerprint density at radius 3 is 1.24 bits per heavy atom. The van der Waals surface area contributed by atoms with Gasteiger partial charge in [0.25, 0.3) is 0 Å². The monoisotopic (exact) mass is 492 g/mol. The van der Waals surface area contributed by atoms with Crippen LogP contribution in [0.15, 0.2) is 97.1 Å². The molecule has 0 unspecified atom stereocenters. The van der Waals surface area contributed by atoms with Gasteiger partial charge in [-0.05, 0) is 92.1 Å². The zero-order valence-corrected chi connectivity index (χ0v) is 22.3. The Hall–Kier alpha value is -3.64. The Balaban J connectivity index is 1.50. The van der Waals surface area contributed by atoms with E-state index in [9.17, 15) is 0 Å². The summed E-state index contributed by atoms with van der Waals surface area (Å²) >= 11 is 0. The minimum atomic E-state index is 1.16. The second-order valence-corrected chi connectivity index (χ2v) is 11.3. The van der Waals surface area contributed by atoms with Crippen molar-refractivity contribution in [3.05, 3.63) is 108 Å². The van der Waals surface area contributed by atoms with E-state index in [-0.39, 0.29) is 0 Å². The Labute approximate surface area is 227 Å². The lowest BCUT2D eigenvalue weighted by Crippen LogP contribution is -1.97. The lowest BCUT2D eigenvalue weighted by molar-refractivity contribution is 0.568. The second kappa shape index (κ2) is 10.3. The van der Waals surface area contributed by atoms with E-state index in [1.807, 2.05) is 0 Å². The molecule has 0 N–H and O–H groups in total. The van der Waals surface area contributed by atoms with Gasteiger partial charge >= 0.3 is 0 Å². The third kappa shape index (κ3) is 4.08. The lowest BCUT2D eigenvalue weighted by Gasteiger charge is -2.19. The van der Waals surface area contributed by atoms with E-state index in [2.05, 4.69) is 97.1 Å². The largest absolute Gasteiger partial charge is 0.0620 e.